The number of para-hydroxylation sites is 1. The topological polar surface area (TPSA) is 157 Å². The van der Waals surface area contributed by atoms with E-state index in [-0.39, 0.29) is 22.1 Å². The first-order valence-electron chi connectivity index (χ1n) is 8.77. The molecule has 0 bridgehead atoms. The summed E-state index contributed by atoms with van der Waals surface area (Å²) in [5.74, 6) is 0. The molecule has 0 aromatic heterocycles. The van der Waals surface area contributed by atoms with E-state index in [0.717, 1.165) is 12.1 Å². The highest BCUT2D eigenvalue weighted by Crippen LogP contribution is 2.30. The van der Waals surface area contributed by atoms with Crippen molar-refractivity contribution in [3.8, 4) is 0 Å². The van der Waals surface area contributed by atoms with Gasteiger partial charge in [-0.25, -0.2) is 8.42 Å². The second kappa shape index (κ2) is 9.41. The first kappa shape index (κ1) is 22.7. The molecule has 0 saturated carbocycles. The van der Waals surface area contributed by atoms with E-state index >= 15 is 0 Å². The lowest BCUT2D eigenvalue weighted by Crippen LogP contribution is -2.15. The molecule has 0 aliphatic rings. The van der Waals surface area contributed by atoms with Gasteiger partial charge < -0.3 is 0 Å². The summed E-state index contributed by atoms with van der Waals surface area (Å²) in [4.78, 5) is 20.2. The Balaban J connectivity index is 1.91. The molecule has 0 saturated heterocycles. The lowest BCUT2D eigenvalue weighted by Gasteiger charge is -2.12. The molecule has 11 nitrogen and oxygen atoms in total. The number of nitrogens with zero attached hydrogens (tertiary/aromatic N) is 3. The van der Waals surface area contributed by atoms with Crippen molar-refractivity contribution in [2.75, 3.05) is 10.1 Å². The summed E-state index contributed by atoms with van der Waals surface area (Å²) in [6, 6.07) is 14.8. The molecular weight excluding hydrogens is 462 g/mol. The minimum atomic E-state index is -4.28. The molecule has 13 heteroatoms. The van der Waals surface area contributed by atoms with Gasteiger partial charge >= 0.3 is 0 Å². The van der Waals surface area contributed by atoms with Gasteiger partial charge in [0.25, 0.3) is 21.4 Å². The maximum Gasteiger partial charge on any atom is 0.270 e. The Morgan fingerprint density at radius 3 is 2.12 bits per heavy atom. The van der Waals surface area contributed by atoms with Gasteiger partial charge in [-0.05, 0) is 35.9 Å². The average molecular weight is 476 g/mol. The summed E-state index contributed by atoms with van der Waals surface area (Å²) >= 11 is 6.00. The minimum absolute atomic E-state index is 0.0340. The van der Waals surface area contributed by atoms with E-state index in [4.69, 9.17) is 11.6 Å². The van der Waals surface area contributed by atoms with Gasteiger partial charge in [0, 0.05) is 24.3 Å². The summed E-state index contributed by atoms with van der Waals surface area (Å²) < 4.78 is 28.2. The zero-order valence-electron chi connectivity index (χ0n) is 16.0. The first-order chi connectivity index (χ1) is 15.2. The van der Waals surface area contributed by atoms with Gasteiger partial charge in [0.1, 0.15) is 4.90 Å². The van der Waals surface area contributed by atoms with Crippen LogP contribution in [0.5, 0.6) is 0 Å². The standard InChI is InChI=1S/C19H14ClN5O6S/c20-16-3-1-2-4-17(16)23-32(30,31)19-11-15(25(28)29)9-10-18(19)22-21-12-13-5-7-14(8-6-13)24(26)27/h1-12,22-23H. The SMILES string of the molecule is O=[N+]([O-])c1ccc(C=NNc2ccc([N+](=O)[O-])cc2S(=O)(=O)Nc2ccccc2Cl)cc1. The molecule has 32 heavy (non-hydrogen) atoms. The van der Waals surface area contributed by atoms with Crippen molar-refractivity contribution in [2.24, 2.45) is 5.10 Å². The van der Waals surface area contributed by atoms with Gasteiger partial charge in [-0.3, -0.25) is 30.4 Å². The number of anilines is 2. The zero-order chi connectivity index (χ0) is 23.3. The number of hydrogen-bond donors (Lipinski definition) is 2. The van der Waals surface area contributed by atoms with Crippen molar-refractivity contribution in [2.45, 2.75) is 4.90 Å². The second-order valence-corrected chi connectivity index (χ2v) is 8.30. The van der Waals surface area contributed by atoms with E-state index in [0.29, 0.717) is 5.56 Å². The van der Waals surface area contributed by atoms with E-state index in [1.54, 1.807) is 12.1 Å². The number of nitro benzene ring substituents is 2. The molecule has 0 atom stereocenters. The normalized spacial score (nSPS) is 11.3. The number of non-ortho nitro benzene ring substituents is 2. The molecular formula is C19H14ClN5O6S. The van der Waals surface area contributed by atoms with Crippen molar-refractivity contribution in [1.29, 1.82) is 0 Å². The molecule has 0 spiro atoms. The van der Waals surface area contributed by atoms with Gasteiger partial charge in [0.05, 0.1) is 32.5 Å². The molecule has 3 aromatic carbocycles. The van der Waals surface area contributed by atoms with Gasteiger partial charge in [0.15, 0.2) is 0 Å². The fourth-order valence-corrected chi connectivity index (χ4v) is 4.04. The van der Waals surface area contributed by atoms with Crippen molar-refractivity contribution < 1.29 is 18.3 Å². The summed E-state index contributed by atoms with van der Waals surface area (Å²) in [5, 5.41) is 25.9. The Morgan fingerprint density at radius 2 is 1.50 bits per heavy atom. The molecule has 0 aliphatic carbocycles. The van der Waals surface area contributed by atoms with Crippen LogP contribution in [0.25, 0.3) is 0 Å². The third-order valence-corrected chi connectivity index (χ3v) is 5.82. The van der Waals surface area contributed by atoms with Crippen molar-refractivity contribution in [1.82, 2.24) is 0 Å². The summed E-state index contributed by atoms with van der Waals surface area (Å²) in [5.41, 5.74) is 2.57. The number of rotatable bonds is 8. The molecule has 0 fully saturated rings. The van der Waals surface area contributed by atoms with E-state index in [2.05, 4.69) is 15.2 Å². The van der Waals surface area contributed by atoms with Crippen LogP contribution in [-0.2, 0) is 10.0 Å². The van der Waals surface area contributed by atoms with Gasteiger partial charge in [-0.1, -0.05) is 23.7 Å². The fraction of sp³-hybridized carbons (Fsp3) is 0. The first-order valence-corrected chi connectivity index (χ1v) is 10.6. The minimum Gasteiger partial charge on any atom is -0.278 e. The predicted molar refractivity (Wildman–Crippen MR) is 120 cm³/mol. The van der Waals surface area contributed by atoms with Crippen LogP contribution in [0.1, 0.15) is 5.56 Å². The van der Waals surface area contributed by atoms with Crippen LogP contribution < -0.4 is 10.1 Å². The molecule has 164 valence electrons. The average Bonchev–Trinajstić information content (AvgIpc) is 2.75. The van der Waals surface area contributed by atoms with Crippen LogP contribution in [0.3, 0.4) is 0 Å². The second-order valence-electron chi connectivity index (χ2n) is 6.24. The smallest absolute Gasteiger partial charge is 0.270 e. The highest BCUT2D eigenvalue weighted by molar-refractivity contribution is 7.93. The van der Waals surface area contributed by atoms with Crippen LogP contribution in [0.15, 0.2) is 76.7 Å². The fourth-order valence-electron chi connectivity index (χ4n) is 2.54. The van der Waals surface area contributed by atoms with Crippen LogP contribution in [0, 0.1) is 20.2 Å². The zero-order valence-corrected chi connectivity index (χ0v) is 17.6. The number of hydrazone groups is 1. The van der Waals surface area contributed by atoms with Gasteiger partial charge in [-0.15, -0.1) is 0 Å². The molecule has 0 unspecified atom stereocenters. The maximum atomic E-state index is 12.9. The molecule has 0 aliphatic heterocycles. The van der Waals surface area contributed by atoms with Crippen molar-refractivity contribution >= 4 is 50.6 Å². The molecule has 2 N–H and O–H groups in total. The number of nitrogens with one attached hydrogen (secondary N) is 2. The monoisotopic (exact) mass is 475 g/mol. The van der Waals surface area contributed by atoms with Crippen molar-refractivity contribution in [3.05, 3.63) is 97.5 Å². The molecule has 0 heterocycles. The Morgan fingerprint density at radius 1 is 0.875 bits per heavy atom. The van der Waals surface area contributed by atoms with Crippen molar-refractivity contribution in [3.63, 3.8) is 0 Å². The summed E-state index contributed by atoms with van der Waals surface area (Å²) in [7, 11) is -4.28. The Hall–Kier alpha value is -4.03. The number of halogens is 1. The van der Waals surface area contributed by atoms with Crippen LogP contribution in [-0.4, -0.2) is 24.5 Å². The molecule has 0 radical (unpaired) electrons. The van der Waals surface area contributed by atoms with E-state index in [1.807, 2.05) is 0 Å². The maximum absolute atomic E-state index is 12.9. The number of hydrogen-bond acceptors (Lipinski definition) is 8. The molecule has 0 amide bonds. The number of benzene rings is 3. The lowest BCUT2D eigenvalue weighted by atomic mass is 10.2. The highest BCUT2D eigenvalue weighted by atomic mass is 35.5. The van der Waals surface area contributed by atoms with E-state index in [9.17, 15) is 28.6 Å². The highest BCUT2D eigenvalue weighted by Gasteiger charge is 2.23. The summed E-state index contributed by atoms with van der Waals surface area (Å²) in [6.45, 7) is 0. The predicted octanol–water partition coefficient (Wildman–Crippen LogP) is 4.40. The molecule has 3 aromatic rings. The number of nitro groups is 2. The lowest BCUT2D eigenvalue weighted by molar-refractivity contribution is -0.385. The Labute approximate surface area is 186 Å². The van der Waals surface area contributed by atoms with E-state index in [1.165, 1.54) is 48.7 Å². The van der Waals surface area contributed by atoms with Gasteiger partial charge in [0.2, 0.25) is 0 Å². The quantitative estimate of drug-likeness (QED) is 0.277. The third kappa shape index (κ3) is 5.36. The van der Waals surface area contributed by atoms with Crippen LogP contribution in [0.4, 0.5) is 22.7 Å². The van der Waals surface area contributed by atoms with Crippen LogP contribution >= 0.6 is 11.6 Å². The third-order valence-electron chi connectivity index (χ3n) is 4.09. The summed E-state index contributed by atoms with van der Waals surface area (Å²) in [6.07, 6.45) is 1.31. The van der Waals surface area contributed by atoms with Crippen LogP contribution in [0.2, 0.25) is 5.02 Å². The largest absolute Gasteiger partial charge is 0.278 e. The Kier molecular flexibility index (Phi) is 6.66. The number of sulfonamides is 1. The molecule has 3 rings (SSSR count). The van der Waals surface area contributed by atoms with E-state index < -0.39 is 30.5 Å². The van der Waals surface area contributed by atoms with Gasteiger partial charge in [-0.2, -0.15) is 5.10 Å². The Bertz CT molecular complexity index is 1310.